The first-order valence-corrected chi connectivity index (χ1v) is 7.51. The van der Waals surface area contributed by atoms with Crippen molar-refractivity contribution in [2.45, 2.75) is 10.4 Å². The molecule has 0 fully saturated rings. The topological polar surface area (TPSA) is 55.0 Å². The van der Waals surface area contributed by atoms with Crippen LogP contribution in [-0.2, 0) is 0 Å². The molecule has 0 spiro atoms. The highest BCUT2D eigenvalue weighted by Gasteiger charge is 2.10. The maximum absolute atomic E-state index is 12.8. The second-order valence-corrected chi connectivity index (χ2v) is 6.44. The molecule has 7 heteroatoms. The van der Waals surface area contributed by atoms with Gasteiger partial charge >= 0.3 is 0 Å². The molecule has 1 heterocycles. The maximum atomic E-state index is 12.8. The Bertz CT molecular complexity index is 527. The molecular formula is C12H15FN4S2. The molecule has 2 N–H and O–H groups in total. The van der Waals surface area contributed by atoms with Gasteiger partial charge in [-0.05, 0) is 17.7 Å². The number of rotatable bonds is 5. The summed E-state index contributed by atoms with van der Waals surface area (Å²) in [5.74, 6) is 0.441. The van der Waals surface area contributed by atoms with Gasteiger partial charge in [0, 0.05) is 25.9 Å². The van der Waals surface area contributed by atoms with Crippen LogP contribution >= 0.6 is 23.1 Å². The number of nitrogens with two attached hydrogens (primary N) is 1. The number of hydrogen-bond donors (Lipinski definition) is 1. The number of aromatic nitrogens is 2. The lowest BCUT2D eigenvalue weighted by Crippen LogP contribution is -2.12. The van der Waals surface area contributed by atoms with Crippen LogP contribution in [-0.4, -0.2) is 30.0 Å². The zero-order valence-corrected chi connectivity index (χ0v) is 12.3. The summed E-state index contributed by atoms with van der Waals surface area (Å²) in [6.45, 7) is 0. The summed E-state index contributed by atoms with van der Waals surface area (Å²) >= 11 is 3.10. The summed E-state index contributed by atoms with van der Waals surface area (Å²) in [5.41, 5.74) is 6.98. The quantitative estimate of drug-likeness (QED) is 0.860. The summed E-state index contributed by atoms with van der Waals surface area (Å²) in [7, 11) is 3.86. The Hall–Kier alpha value is -1.18. The largest absolute Gasteiger partial charge is 0.353 e. The third-order valence-corrected chi connectivity index (χ3v) is 4.81. The average molecular weight is 298 g/mol. The number of benzene rings is 1. The predicted molar refractivity (Wildman–Crippen MR) is 78.3 cm³/mol. The summed E-state index contributed by atoms with van der Waals surface area (Å²) in [6.07, 6.45) is 0. The number of halogens is 1. The summed E-state index contributed by atoms with van der Waals surface area (Å²) in [5, 5.41) is 9.03. The van der Waals surface area contributed by atoms with Crippen LogP contribution in [0.3, 0.4) is 0 Å². The predicted octanol–water partition coefficient (Wildman–Crippen LogP) is 2.54. The zero-order valence-electron chi connectivity index (χ0n) is 10.7. The highest BCUT2D eigenvalue weighted by molar-refractivity contribution is 8.01. The fourth-order valence-corrected chi connectivity index (χ4v) is 3.19. The van der Waals surface area contributed by atoms with Crippen molar-refractivity contribution in [2.24, 2.45) is 5.73 Å². The molecule has 4 nitrogen and oxygen atoms in total. The monoisotopic (exact) mass is 298 g/mol. The Morgan fingerprint density at radius 2 is 2.00 bits per heavy atom. The lowest BCUT2D eigenvalue weighted by Gasteiger charge is -2.10. The van der Waals surface area contributed by atoms with Gasteiger partial charge in [-0.1, -0.05) is 35.2 Å². The maximum Gasteiger partial charge on any atom is 0.208 e. The number of hydrogen-bond acceptors (Lipinski definition) is 6. The molecular weight excluding hydrogens is 283 g/mol. The van der Waals surface area contributed by atoms with Gasteiger partial charge in [0.05, 0.1) is 0 Å². The molecule has 0 bridgehead atoms. The highest BCUT2D eigenvalue weighted by Crippen LogP contribution is 2.29. The summed E-state index contributed by atoms with van der Waals surface area (Å²) in [4.78, 5) is 1.92. The van der Waals surface area contributed by atoms with Crippen molar-refractivity contribution in [3.63, 3.8) is 0 Å². The minimum absolute atomic E-state index is 0.141. The van der Waals surface area contributed by atoms with Gasteiger partial charge < -0.3 is 10.6 Å². The van der Waals surface area contributed by atoms with E-state index in [0.29, 0.717) is 5.75 Å². The van der Waals surface area contributed by atoms with E-state index in [9.17, 15) is 4.39 Å². The Morgan fingerprint density at radius 1 is 1.32 bits per heavy atom. The van der Waals surface area contributed by atoms with Gasteiger partial charge in [0.15, 0.2) is 4.34 Å². The van der Waals surface area contributed by atoms with E-state index in [0.717, 1.165) is 15.0 Å². The SMILES string of the molecule is CN(C)c1nnc(SCC(N)c2ccc(F)cc2)s1. The molecule has 102 valence electrons. The fraction of sp³-hybridized carbons (Fsp3) is 0.333. The lowest BCUT2D eigenvalue weighted by atomic mass is 10.1. The van der Waals surface area contributed by atoms with Crippen LogP contribution < -0.4 is 10.6 Å². The Kier molecular flexibility index (Phi) is 4.73. The Balaban J connectivity index is 1.92. The van der Waals surface area contributed by atoms with E-state index in [1.165, 1.54) is 23.5 Å². The number of thioether (sulfide) groups is 1. The van der Waals surface area contributed by atoms with Crippen molar-refractivity contribution in [1.29, 1.82) is 0 Å². The smallest absolute Gasteiger partial charge is 0.208 e. The van der Waals surface area contributed by atoms with E-state index in [1.54, 1.807) is 23.9 Å². The van der Waals surface area contributed by atoms with Gasteiger partial charge in [-0.25, -0.2) is 4.39 Å². The second kappa shape index (κ2) is 6.31. The molecule has 0 aliphatic heterocycles. The highest BCUT2D eigenvalue weighted by atomic mass is 32.2. The Labute approximate surface area is 119 Å². The van der Waals surface area contributed by atoms with Crippen LogP contribution in [0.4, 0.5) is 9.52 Å². The minimum Gasteiger partial charge on any atom is -0.353 e. The first-order valence-electron chi connectivity index (χ1n) is 5.71. The molecule has 0 amide bonds. The molecule has 0 saturated heterocycles. The van der Waals surface area contributed by atoms with E-state index >= 15 is 0 Å². The van der Waals surface area contributed by atoms with E-state index < -0.39 is 0 Å². The van der Waals surface area contributed by atoms with Gasteiger partial charge in [0.25, 0.3) is 0 Å². The first kappa shape index (κ1) is 14.2. The lowest BCUT2D eigenvalue weighted by molar-refractivity contribution is 0.626. The van der Waals surface area contributed by atoms with Crippen molar-refractivity contribution in [3.8, 4) is 0 Å². The summed E-state index contributed by atoms with van der Waals surface area (Å²) in [6, 6.07) is 6.14. The molecule has 0 saturated carbocycles. The van der Waals surface area contributed by atoms with Gasteiger partial charge in [0.2, 0.25) is 5.13 Å². The molecule has 1 atom stereocenters. The third-order valence-electron chi connectivity index (χ3n) is 2.46. The van der Waals surface area contributed by atoms with Gasteiger partial charge in [-0.2, -0.15) is 0 Å². The van der Waals surface area contributed by atoms with E-state index in [4.69, 9.17) is 5.73 Å². The van der Waals surface area contributed by atoms with Crippen molar-refractivity contribution < 1.29 is 4.39 Å². The molecule has 2 aromatic rings. The van der Waals surface area contributed by atoms with Gasteiger partial charge in [0.1, 0.15) is 5.82 Å². The molecule has 1 unspecified atom stereocenters. The molecule has 0 radical (unpaired) electrons. The molecule has 0 aliphatic carbocycles. The van der Waals surface area contributed by atoms with Crippen LogP contribution in [0.1, 0.15) is 11.6 Å². The zero-order chi connectivity index (χ0) is 13.8. The third kappa shape index (κ3) is 3.89. The van der Waals surface area contributed by atoms with Crippen LogP contribution in [0, 0.1) is 5.82 Å². The number of nitrogens with zero attached hydrogens (tertiary/aromatic N) is 3. The molecule has 0 aliphatic rings. The normalized spacial score (nSPS) is 12.4. The van der Waals surface area contributed by atoms with E-state index in [1.807, 2.05) is 19.0 Å². The molecule has 1 aromatic heterocycles. The van der Waals surface area contributed by atoms with Crippen LogP contribution in [0.2, 0.25) is 0 Å². The first-order chi connectivity index (χ1) is 9.06. The van der Waals surface area contributed by atoms with E-state index in [-0.39, 0.29) is 11.9 Å². The standard InChI is InChI=1S/C12H15FN4S2/c1-17(2)11-15-16-12(19-11)18-7-10(14)8-3-5-9(13)6-4-8/h3-6,10H,7,14H2,1-2H3. The molecule has 1 aromatic carbocycles. The van der Waals surface area contributed by atoms with Crippen LogP contribution in [0.15, 0.2) is 28.6 Å². The summed E-state index contributed by atoms with van der Waals surface area (Å²) < 4.78 is 13.7. The molecule has 19 heavy (non-hydrogen) atoms. The number of anilines is 1. The molecule has 2 rings (SSSR count). The van der Waals surface area contributed by atoms with Crippen molar-refractivity contribution in [1.82, 2.24) is 10.2 Å². The minimum atomic E-state index is -0.247. The average Bonchev–Trinajstić information content (AvgIpc) is 2.86. The van der Waals surface area contributed by atoms with Crippen molar-refractivity contribution in [2.75, 3.05) is 24.7 Å². The van der Waals surface area contributed by atoms with Gasteiger partial charge in [-0.15, -0.1) is 10.2 Å². The van der Waals surface area contributed by atoms with E-state index in [2.05, 4.69) is 10.2 Å². The van der Waals surface area contributed by atoms with Crippen LogP contribution in [0.5, 0.6) is 0 Å². The second-order valence-electron chi connectivity index (χ2n) is 4.21. The van der Waals surface area contributed by atoms with Crippen LogP contribution in [0.25, 0.3) is 0 Å². The fourth-order valence-electron chi connectivity index (χ4n) is 1.41. The van der Waals surface area contributed by atoms with Crippen molar-refractivity contribution in [3.05, 3.63) is 35.6 Å². The van der Waals surface area contributed by atoms with Crippen molar-refractivity contribution >= 4 is 28.2 Å². The van der Waals surface area contributed by atoms with Gasteiger partial charge in [-0.3, -0.25) is 0 Å². The Morgan fingerprint density at radius 3 is 2.58 bits per heavy atom.